The number of aryl methyl sites for hydroxylation is 2. The van der Waals surface area contributed by atoms with E-state index in [-0.39, 0.29) is 6.03 Å². The molecule has 1 unspecified atom stereocenters. The van der Waals surface area contributed by atoms with E-state index < -0.39 is 17.7 Å². The van der Waals surface area contributed by atoms with E-state index in [1.54, 1.807) is 6.92 Å². The molecule has 0 saturated carbocycles. The lowest BCUT2D eigenvalue weighted by Crippen LogP contribution is -2.36. The summed E-state index contributed by atoms with van der Waals surface area (Å²) in [7, 11) is 0. The Bertz CT molecular complexity index is 761. The van der Waals surface area contributed by atoms with Crippen molar-refractivity contribution in [3.63, 3.8) is 0 Å². The van der Waals surface area contributed by atoms with Crippen molar-refractivity contribution in [3.05, 3.63) is 70.3 Å². The number of rotatable bonds is 4. The molecule has 0 bridgehead atoms. The van der Waals surface area contributed by atoms with Crippen molar-refractivity contribution in [1.29, 1.82) is 0 Å². The van der Waals surface area contributed by atoms with Crippen LogP contribution in [-0.2, 0) is 19.4 Å². The van der Waals surface area contributed by atoms with Gasteiger partial charge < -0.3 is 10.6 Å². The predicted octanol–water partition coefficient (Wildman–Crippen LogP) is 4.01. The quantitative estimate of drug-likeness (QED) is 0.874. The Morgan fingerprint density at radius 2 is 1.88 bits per heavy atom. The lowest BCUT2D eigenvalue weighted by atomic mass is 10.1. The van der Waals surface area contributed by atoms with Crippen LogP contribution in [0.1, 0.15) is 41.6 Å². The molecule has 2 N–H and O–H groups in total. The molecule has 1 aliphatic rings. The third-order valence-electron chi connectivity index (χ3n) is 4.41. The highest BCUT2D eigenvalue weighted by atomic mass is 19.2. The number of urea groups is 1. The summed E-state index contributed by atoms with van der Waals surface area (Å²) in [6.45, 7) is 2.16. The highest BCUT2D eigenvalue weighted by Crippen LogP contribution is 2.22. The molecular formula is C19H20F2N2O. The van der Waals surface area contributed by atoms with Crippen LogP contribution in [0, 0.1) is 11.6 Å². The van der Waals surface area contributed by atoms with Gasteiger partial charge in [0.1, 0.15) is 0 Å². The van der Waals surface area contributed by atoms with Gasteiger partial charge in [-0.1, -0.05) is 24.3 Å². The summed E-state index contributed by atoms with van der Waals surface area (Å²) < 4.78 is 26.2. The third kappa shape index (κ3) is 3.72. The van der Waals surface area contributed by atoms with Gasteiger partial charge in [0.05, 0.1) is 6.04 Å². The van der Waals surface area contributed by atoms with Gasteiger partial charge in [0, 0.05) is 6.54 Å². The van der Waals surface area contributed by atoms with Crippen molar-refractivity contribution in [2.24, 2.45) is 0 Å². The zero-order valence-electron chi connectivity index (χ0n) is 13.5. The van der Waals surface area contributed by atoms with Crippen LogP contribution in [0.3, 0.4) is 0 Å². The van der Waals surface area contributed by atoms with E-state index in [1.807, 2.05) is 6.07 Å². The summed E-state index contributed by atoms with van der Waals surface area (Å²) in [5, 5.41) is 5.53. The number of hydrogen-bond acceptors (Lipinski definition) is 1. The molecule has 1 atom stereocenters. The molecule has 24 heavy (non-hydrogen) atoms. The molecule has 0 aliphatic heterocycles. The van der Waals surface area contributed by atoms with Crippen LogP contribution in [0.4, 0.5) is 13.6 Å². The van der Waals surface area contributed by atoms with Crippen molar-refractivity contribution >= 4 is 6.03 Å². The number of carbonyl (C=O) groups is 1. The van der Waals surface area contributed by atoms with Crippen LogP contribution in [0.5, 0.6) is 0 Å². The van der Waals surface area contributed by atoms with E-state index in [0.717, 1.165) is 30.5 Å². The molecule has 3 rings (SSSR count). The lowest BCUT2D eigenvalue weighted by molar-refractivity contribution is 0.237. The normalized spacial score (nSPS) is 14.1. The third-order valence-corrected chi connectivity index (χ3v) is 4.41. The van der Waals surface area contributed by atoms with Crippen molar-refractivity contribution < 1.29 is 13.6 Å². The van der Waals surface area contributed by atoms with Crippen LogP contribution in [0.2, 0.25) is 0 Å². The molecule has 0 saturated heterocycles. The van der Waals surface area contributed by atoms with Gasteiger partial charge in [0.2, 0.25) is 0 Å². The molecule has 0 fully saturated rings. The van der Waals surface area contributed by atoms with Crippen molar-refractivity contribution in [1.82, 2.24) is 10.6 Å². The number of carbonyl (C=O) groups excluding carboxylic acids is 1. The molecule has 5 heteroatoms. The SMILES string of the molecule is CC(NC(=O)NCc1ccc2c(c1)CCC2)c1ccc(F)c(F)c1. The molecule has 0 heterocycles. The molecule has 2 amide bonds. The Morgan fingerprint density at radius 3 is 2.67 bits per heavy atom. The Kier molecular flexibility index (Phi) is 4.79. The topological polar surface area (TPSA) is 41.1 Å². The number of benzene rings is 2. The van der Waals surface area contributed by atoms with E-state index in [9.17, 15) is 13.6 Å². The highest BCUT2D eigenvalue weighted by Gasteiger charge is 2.13. The fourth-order valence-electron chi connectivity index (χ4n) is 3.03. The minimum Gasteiger partial charge on any atom is -0.334 e. The van der Waals surface area contributed by atoms with Crippen LogP contribution < -0.4 is 10.6 Å². The standard InChI is InChI=1S/C19H20F2N2O/c1-12(15-7-8-17(20)18(21)10-15)23-19(24)22-11-13-5-6-14-3-2-4-16(14)9-13/h5-10,12H,2-4,11H2,1H3,(H2,22,23,24). The summed E-state index contributed by atoms with van der Waals surface area (Å²) in [4.78, 5) is 12.0. The fourth-order valence-corrected chi connectivity index (χ4v) is 3.03. The second-order valence-electron chi connectivity index (χ2n) is 6.18. The predicted molar refractivity (Wildman–Crippen MR) is 88.6 cm³/mol. The van der Waals surface area contributed by atoms with Crippen LogP contribution in [0.25, 0.3) is 0 Å². The molecule has 2 aromatic rings. The van der Waals surface area contributed by atoms with Crippen LogP contribution in [0.15, 0.2) is 36.4 Å². The van der Waals surface area contributed by atoms with Gasteiger partial charge in [0.15, 0.2) is 11.6 Å². The smallest absolute Gasteiger partial charge is 0.315 e. The molecule has 126 valence electrons. The number of amides is 2. The number of hydrogen-bond donors (Lipinski definition) is 2. The monoisotopic (exact) mass is 330 g/mol. The molecule has 0 aromatic heterocycles. The van der Waals surface area contributed by atoms with Gasteiger partial charge in [-0.25, -0.2) is 13.6 Å². The Morgan fingerprint density at radius 1 is 1.08 bits per heavy atom. The van der Waals surface area contributed by atoms with Crippen LogP contribution in [-0.4, -0.2) is 6.03 Å². The van der Waals surface area contributed by atoms with Crippen molar-refractivity contribution in [2.45, 2.75) is 38.8 Å². The summed E-state index contributed by atoms with van der Waals surface area (Å²) >= 11 is 0. The highest BCUT2D eigenvalue weighted by molar-refractivity contribution is 5.74. The average molecular weight is 330 g/mol. The maximum atomic E-state index is 13.3. The van der Waals surface area contributed by atoms with E-state index in [1.165, 1.54) is 23.6 Å². The summed E-state index contributed by atoms with van der Waals surface area (Å²) in [6, 6.07) is 9.16. The summed E-state index contributed by atoms with van der Waals surface area (Å²) in [5.41, 5.74) is 4.34. The van der Waals surface area contributed by atoms with Crippen molar-refractivity contribution in [3.8, 4) is 0 Å². The Hall–Kier alpha value is -2.43. The minimum atomic E-state index is -0.917. The molecular weight excluding hydrogens is 310 g/mol. The lowest BCUT2D eigenvalue weighted by Gasteiger charge is -2.15. The first-order valence-electron chi connectivity index (χ1n) is 8.13. The molecule has 0 spiro atoms. The second kappa shape index (κ2) is 6.99. The van der Waals surface area contributed by atoms with Gasteiger partial charge in [-0.3, -0.25) is 0 Å². The molecule has 2 aromatic carbocycles. The maximum Gasteiger partial charge on any atom is 0.315 e. The largest absolute Gasteiger partial charge is 0.334 e. The zero-order chi connectivity index (χ0) is 17.1. The average Bonchev–Trinajstić information content (AvgIpc) is 3.03. The fraction of sp³-hybridized carbons (Fsp3) is 0.316. The zero-order valence-corrected chi connectivity index (χ0v) is 13.5. The van der Waals surface area contributed by atoms with Crippen LogP contribution >= 0.6 is 0 Å². The minimum absolute atomic E-state index is 0.340. The van der Waals surface area contributed by atoms with Gasteiger partial charge in [-0.15, -0.1) is 0 Å². The first-order chi connectivity index (χ1) is 11.5. The number of halogens is 2. The van der Waals surface area contributed by atoms with E-state index in [4.69, 9.17) is 0 Å². The van der Waals surface area contributed by atoms with Gasteiger partial charge >= 0.3 is 6.03 Å². The van der Waals surface area contributed by atoms with Gasteiger partial charge in [0.25, 0.3) is 0 Å². The molecule has 1 aliphatic carbocycles. The second-order valence-corrected chi connectivity index (χ2v) is 6.18. The van der Waals surface area contributed by atoms with Crippen molar-refractivity contribution in [2.75, 3.05) is 0 Å². The number of nitrogens with one attached hydrogen (secondary N) is 2. The Balaban J connectivity index is 1.54. The first kappa shape index (κ1) is 16.4. The van der Waals surface area contributed by atoms with E-state index >= 15 is 0 Å². The Labute approximate surface area is 140 Å². The molecule has 3 nitrogen and oxygen atoms in total. The summed E-state index contributed by atoms with van der Waals surface area (Å²) in [6.07, 6.45) is 3.43. The van der Waals surface area contributed by atoms with Gasteiger partial charge in [-0.05, 0) is 60.6 Å². The summed E-state index contributed by atoms with van der Waals surface area (Å²) in [5.74, 6) is -1.81. The van der Waals surface area contributed by atoms with Gasteiger partial charge in [-0.2, -0.15) is 0 Å². The number of fused-ring (bicyclic) bond motifs is 1. The van der Waals surface area contributed by atoms with E-state index in [0.29, 0.717) is 12.1 Å². The molecule has 0 radical (unpaired) electrons. The van der Waals surface area contributed by atoms with E-state index in [2.05, 4.69) is 22.8 Å². The maximum absolute atomic E-state index is 13.3. The first-order valence-corrected chi connectivity index (χ1v) is 8.13.